The summed E-state index contributed by atoms with van der Waals surface area (Å²) in [4.78, 5) is 18.6. The van der Waals surface area contributed by atoms with E-state index >= 15 is 4.39 Å². The van der Waals surface area contributed by atoms with Gasteiger partial charge in [0.2, 0.25) is 0 Å². The number of piperazine rings is 1. The maximum Gasteiger partial charge on any atom is 0.319 e. The van der Waals surface area contributed by atoms with Crippen LogP contribution in [0.3, 0.4) is 0 Å². The van der Waals surface area contributed by atoms with Gasteiger partial charge in [-0.25, -0.2) is 8.78 Å². The van der Waals surface area contributed by atoms with E-state index in [9.17, 15) is 9.50 Å². The number of terminal acetylenes is 1. The minimum absolute atomic E-state index is 0.0211. The molecule has 3 aliphatic heterocycles. The Bertz CT molecular complexity index is 1890. The van der Waals surface area contributed by atoms with Gasteiger partial charge in [-0.05, 0) is 74.7 Å². The number of nitrogens with one attached hydrogen (secondary N) is 1. The number of phenols is 1. The second-order valence-corrected chi connectivity index (χ2v) is 13.8. The number of rotatable bonds is 5. The highest BCUT2D eigenvalue weighted by atomic mass is 19.1. The summed E-state index contributed by atoms with van der Waals surface area (Å²) in [6, 6.07) is 6.37. The Kier molecular flexibility index (Phi) is 6.45. The first kappa shape index (κ1) is 28.4. The van der Waals surface area contributed by atoms with Crippen LogP contribution in [0, 0.1) is 34.8 Å². The summed E-state index contributed by atoms with van der Waals surface area (Å²) in [6.07, 6.45) is 12.9. The molecule has 4 aromatic rings. The van der Waals surface area contributed by atoms with Crippen molar-refractivity contribution in [2.24, 2.45) is 10.8 Å². The van der Waals surface area contributed by atoms with Crippen molar-refractivity contribution in [3.63, 3.8) is 0 Å². The number of phenolic OH excluding ortho intramolecular Hbond substituents is 1. The molecule has 2 N–H and O–H groups in total. The van der Waals surface area contributed by atoms with Crippen LogP contribution in [0.1, 0.15) is 44.6 Å². The monoisotopic (exact) mass is 610 g/mol. The van der Waals surface area contributed by atoms with Gasteiger partial charge in [-0.3, -0.25) is 4.98 Å². The van der Waals surface area contributed by atoms with E-state index < -0.39 is 11.6 Å². The summed E-state index contributed by atoms with van der Waals surface area (Å²) in [5.41, 5.74) is 0.331. The summed E-state index contributed by atoms with van der Waals surface area (Å²) in [5.74, 6) is 1.56. The number of aromatic nitrogens is 3. The lowest BCUT2D eigenvalue weighted by molar-refractivity contribution is -0.00421. The van der Waals surface area contributed by atoms with Gasteiger partial charge in [-0.15, -0.1) is 6.42 Å². The van der Waals surface area contributed by atoms with Gasteiger partial charge in [-0.2, -0.15) is 9.97 Å². The van der Waals surface area contributed by atoms with Crippen LogP contribution in [-0.4, -0.2) is 76.9 Å². The SMILES string of the molecule is C#Cc1c(F)ccc2cc(O)cc(-c3ncc4c(N5C[C@H]6CC[C@@H](C5)N6)nc(OC[C@]5(C)CN(C)CCC56CC6)nc4c3F)c12. The fraction of sp³-hybridized carbons (Fsp3) is 0.457. The number of ether oxygens (including phenoxy) is 1. The first-order valence-corrected chi connectivity index (χ1v) is 15.8. The molecule has 1 aliphatic carbocycles. The molecule has 4 aliphatic rings. The van der Waals surface area contributed by atoms with Gasteiger partial charge in [0.1, 0.15) is 28.6 Å². The van der Waals surface area contributed by atoms with Crippen LogP contribution in [0.4, 0.5) is 14.6 Å². The Morgan fingerprint density at radius 3 is 2.64 bits per heavy atom. The van der Waals surface area contributed by atoms with Crippen LogP contribution in [0.5, 0.6) is 11.8 Å². The maximum absolute atomic E-state index is 16.8. The second kappa shape index (κ2) is 10.2. The lowest BCUT2D eigenvalue weighted by Crippen LogP contribution is -2.51. The molecule has 2 aromatic carbocycles. The molecule has 5 heterocycles. The van der Waals surface area contributed by atoms with Crippen LogP contribution < -0.4 is 15.0 Å². The molecule has 8 rings (SSSR count). The van der Waals surface area contributed by atoms with E-state index in [4.69, 9.17) is 16.1 Å². The third-order valence-corrected chi connectivity index (χ3v) is 10.9. The fourth-order valence-electron chi connectivity index (χ4n) is 8.21. The van der Waals surface area contributed by atoms with Gasteiger partial charge in [0, 0.05) is 54.3 Å². The molecule has 4 fully saturated rings. The first-order chi connectivity index (χ1) is 21.7. The number of hydrogen-bond donors (Lipinski definition) is 2. The van der Waals surface area contributed by atoms with Gasteiger partial charge in [0.25, 0.3) is 0 Å². The zero-order valence-corrected chi connectivity index (χ0v) is 25.5. The van der Waals surface area contributed by atoms with Crippen molar-refractivity contribution >= 4 is 27.5 Å². The van der Waals surface area contributed by atoms with Crippen LogP contribution in [0.15, 0.2) is 30.5 Å². The average molecular weight is 611 g/mol. The Morgan fingerprint density at radius 1 is 1.13 bits per heavy atom. The van der Waals surface area contributed by atoms with Crippen LogP contribution in [0.2, 0.25) is 0 Å². The molecule has 0 radical (unpaired) electrons. The van der Waals surface area contributed by atoms with Crippen molar-refractivity contribution in [2.45, 2.75) is 51.1 Å². The fourth-order valence-corrected chi connectivity index (χ4v) is 8.21. The number of pyridine rings is 1. The summed E-state index contributed by atoms with van der Waals surface area (Å²) >= 11 is 0. The molecule has 2 aromatic heterocycles. The maximum atomic E-state index is 16.8. The third-order valence-electron chi connectivity index (χ3n) is 10.9. The number of anilines is 1. The predicted octanol–water partition coefficient (Wildman–Crippen LogP) is 5.25. The topological polar surface area (TPSA) is 86.6 Å². The van der Waals surface area contributed by atoms with E-state index in [1.807, 2.05) is 0 Å². The number of nitrogens with zero attached hydrogens (tertiary/aromatic N) is 5. The molecule has 232 valence electrons. The van der Waals surface area contributed by atoms with Crippen molar-refractivity contribution in [1.82, 2.24) is 25.2 Å². The molecule has 0 amide bonds. The highest BCUT2D eigenvalue weighted by Gasteiger charge is 2.58. The van der Waals surface area contributed by atoms with E-state index in [2.05, 4.69) is 45.0 Å². The number of likely N-dealkylation sites (tertiary alicyclic amines) is 1. The Balaban J connectivity index is 1.27. The van der Waals surface area contributed by atoms with Crippen molar-refractivity contribution in [2.75, 3.05) is 44.7 Å². The minimum Gasteiger partial charge on any atom is -0.508 e. The Labute approximate surface area is 260 Å². The lowest BCUT2D eigenvalue weighted by Gasteiger charge is -2.45. The summed E-state index contributed by atoms with van der Waals surface area (Å²) in [5, 5.41) is 15.4. The van der Waals surface area contributed by atoms with Crippen molar-refractivity contribution in [3.05, 3.63) is 47.7 Å². The molecular formula is C35H36F2N6O2. The Hall–Kier alpha value is -4.07. The molecule has 10 heteroatoms. The number of aromatic hydroxyl groups is 1. The van der Waals surface area contributed by atoms with E-state index in [1.165, 1.54) is 37.1 Å². The average Bonchev–Trinajstić information content (AvgIpc) is 3.75. The van der Waals surface area contributed by atoms with Crippen molar-refractivity contribution in [3.8, 4) is 35.4 Å². The zero-order valence-electron chi connectivity index (χ0n) is 25.5. The molecule has 45 heavy (non-hydrogen) atoms. The molecule has 3 saturated heterocycles. The van der Waals surface area contributed by atoms with Gasteiger partial charge in [0.15, 0.2) is 5.82 Å². The quantitative estimate of drug-likeness (QED) is 0.297. The highest BCUT2D eigenvalue weighted by molar-refractivity contribution is 6.03. The van der Waals surface area contributed by atoms with E-state index in [0.29, 0.717) is 40.7 Å². The summed E-state index contributed by atoms with van der Waals surface area (Å²) in [6.45, 7) is 6.17. The number of halogens is 2. The van der Waals surface area contributed by atoms with Gasteiger partial charge >= 0.3 is 6.01 Å². The molecular weight excluding hydrogens is 574 g/mol. The third kappa shape index (κ3) is 4.59. The molecule has 8 nitrogen and oxygen atoms in total. The minimum atomic E-state index is -0.708. The van der Waals surface area contributed by atoms with E-state index in [1.54, 1.807) is 6.20 Å². The van der Waals surface area contributed by atoms with Crippen LogP contribution in [-0.2, 0) is 0 Å². The van der Waals surface area contributed by atoms with Crippen molar-refractivity contribution < 1.29 is 18.6 Å². The largest absolute Gasteiger partial charge is 0.508 e. The first-order valence-electron chi connectivity index (χ1n) is 15.8. The number of fused-ring (bicyclic) bond motifs is 4. The molecule has 0 unspecified atom stereocenters. The standard InChI is InChI=1S/C35H36F2N6O2/c1-4-24-27(36)8-5-20-13-23(44)14-25(28(20)24)30-29(37)31-26(15-38-30)32(43-16-21-6-7-22(17-43)39-21)41-33(40-31)45-19-34(2)18-42(3)12-11-35(34)9-10-35/h1,5,8,13-15,21-22,39,44H,6-7,9-12,16-19H2,2-3H3/t21-,22+,34-/m0/s1. The highest BCUT2D eigenvalue weighted by Crippen LogP contribution is 2.63. The van der Waals surface area contributed by atoms with E-state index in [0.717, 1.165) is 45.4 Å². The predicted molar refractivity (Wildman–Crippen MR) is 169 cm³/mol. The van der Waals surface area contributed by atoms with E-state index in [-0.39, 0.29) is 44.9 Å². The number of hydrogen-bond acceptors (Lipinski definition) is 8. The zero-order chi connectivity index (χ0) is 31.1. The lowest BCUT2D eigenvalue weighted by atomic mass is 9.70. The van der Waals surface area contributed by atoms with Crippen molar-refractivity contribution in [1.29, 1.82) is 0 Å². The Morgan fingerprint density at radius 2 is 1.91 bits per heavy atom. The number of benzene rings is 2. The van der Waals surface area contributed by atoms with Gasteiger partial charge < -0.3 is 25.0 Å². The summed E-state index contributed by atoms with van der Waals surface area (Å²) in [7, 11) is 2.14. The normalized spacial score (nSPS) is 25.6. The van der Waals surface area contributed by atoms with Crippen LogP contribution >= 0.6 is 0 Å². The van der Waals surface area contributed by atoms with Crippen LogP contribution in [0.25, 0.3) is 32.9 Å². The second-order valence-electron chi connectivity index (χ2n) is 13.8. The molecule has 2 bridgehead atoms. The summed E-state index contributed by atoms with van der Waals surface area (Å²) < 4.78 is 38.1. The number of piperidine rings is 1. The molecule has 1 saturated carbocycles. The van der Waals surface area contributed by atoms with Gasteiger partial charge in [-0.1, -0.05) is 18.9 Å². The van der Waals surface area contributed by atoms with Gasteiger partial charge in [0.05, 0.1) is 17.6 Å². The molecule has 3 atom stereocenters. The smallest absolute Gasteiger partial charge is 0.319 e. The molecule has 1 spiro atoms.